The number of benzene rings is 2. The molecular weight excluding hydrogens is 357 g/mol. The standard InChI is InChI=1S/C20H21ClFNO3/c1-4-12(2)15-7-5-6-8-18(15)23-19(24)13(3)26-20(25)16-10-9-14(21)11-17(16)22/h5-13H,4H2,1-3H3,(H,23,24)/t12-,13+/m0/s1. The Kier molecular flexibility index (Phi) is 6.75. The molecule has 2 aromatic carbocycles. The molecule has 138 valence electrons. The monoisotopic (exact) mass is 377 g/mol. The summed E-state index contributed by atoms with van der Waals surface area (Å²) < 4.78 is 18.9. The van der Waals surface area contributed by atoms with Crippen LogP contribution in [-0.2, 0) is 9.53 Å². The summed E-state index contributed by atoms with van der Waals surface area (Å²) in [6, 6.07) is 11.1. The van der Waals surface area contributed by atoms with Gasteiger partial charge in [0.25, 0.3) is 5.91 Å². The van der Waals surface area contributed by atoms with Gasteiger partial charge in [-0.05, 0) is 49.1 Å². The molecule has 1 amide bonds. The van der Waals surface area contributed by atoms with E-state index in [1.165, 1.54) is 19.1 Å². The van der Waals surface area contributed by atoms with E-state index >= 15 is 0 Å². The molecule has 0 saturated carbocycles. The number of amides is 1. The molecule has 26 heavy (non-hydrogen) atoms. The van der Waals surface area contributed by atoms with Gasteiger partial charge in [0.1, 0.15) is 5.82 Å². The summed E-state index contributed by atoms with van der Waals surface area (Å²) in [6.07, 6.45) is -0.157. The van der Waals surface area contributed by atoms with Gasteiger partial charge in [-0.25, -0.2) is 9.18 Å². The van der Waals surface area contributed by atoms with Crippen molar-refractivity contribution < 1.29 is 18.7 Å². The van der Waals surface area contributed by atoms with Gasteiger partial charge >= 0.3 is 5.97 Å². The van der Waals surface area contributed by atoms with E-state index in [9.17, 15) is 14.0 Å². The minimum Gasteiger partial charge on any atom is -0.449 e. The normalized spacial score (nSPS) is 13.0. The number of nitrogens with one attached hydrogen (secondary N) is 1. The van der Waals surface area contributed by atoms with E-state index < -0.39 is 23.8 Å². The third kappa shape index (κ3) is 4.82. The molecule has 1 N–H and O–H groups in total. The molecule has 6 heteroatoms. The van der Waals surface area contributed by atoms with Gasteiger partial charge in [-0.15, -0.1) is 0 Å². The number of carbonyl (C=O) groups is 2. The van der Waals surface area contributed by atoms with E-state index in [2.05, 4.69) is 19.2 Å². The molecule has 0 aliphatic rings. The third-order valence-electron chi connectivity index (χ3n) is 4.17. The van der Waals surface area contributed by atoms with E-state index in [4.69, 9.17) is 16.3 Å². The van der Waals surface area contributed by atoms with Crippen LogP contribution in [0, 0.1) is 5.82 Å². The first-order valence-electron chi connectivity index (χ1n) is 8.39. The maximum Gasteiger partial charge on any atom is 0.341 e. The van der Waals surface area contributed by atoms with Gasteiger partial charge in [0.2, 0.25) is 0 Å². The molecule has 0 aliphatic heterocycles. The maximum atomic E-state index is 13.8. The summed E-state index contributed by atoms with van der Waals surface area (Å²) in [7, 11) is 0. The van der Waals surface area contributed by atoms with Crippen molar-refractivity contribution in [1.29, 1.82) is 0 Å². The zero-order valence-corrected chi connectivity index (χ0v) is 15.6. The van der Waals surface area contributed by atoms with Gasteiger partial charge in [0.15, 0.2) is 6.10 Å². The number of carbonyl (C=O) groups excluding carboxylic acids is 2. The average Bonchev–Trinajstić information content (AvgIpc) is 2.61. The van der Waals surface area contributed by atoms with Gasteiger partial charge in [0, 0.05) is 10.7 Å². The van der Waals surface area contributed by atoms with Crippen LogP contribution in [0.15, 0.2) is 42.5 Å². The number of para-hydroxylation sites is 1. The zero-order valence-electron chi connectivity index (χ0n) is 14.9. The first-order valence-corrected chi connectivity index (χ1v) is 8.77. The predicted molar refractivity (Wildman–Crippen MR) is 100 cm³/mol. The Hall–Kier alpha value is -2.40. The summed E-state index contributed by atoms with van der Waals surface area (Å²) in [4.78, 5) is 24.5. The lowest BCUT2D eigenvalue weighted by atomic mass is 9.97. The van der Waals surface area contributed by atoms with Gasteiger partial charge in [-0.3, -0.25) is 4.79 Å². The number of rotatable bonds is 6. The van der Waals surface area contributed by atoms with Crippen molar-refractivity contribution in [3.63, 3.8) is 0 Å². The van der Waals surface area contributed by atoms with Crippen molar-refractivity contribution in [2.75, 3.05) is 5.32 Å². The van der Waals surface area contributed by atoms with Crippen LogP contribution >= 0.6 is 11.6 Å². The highest BCUT2D eigenvalue weighted by Crippen LogP contribution is 2.26. The Bertz CT molecular complexity index is 809. The minimum absolute atomic E-state index is 0.173. The Balaban J connectivity index is 2.07. The second kappa shape index (κ2) is 8.81. The first kappa shape index (κ1) is 19.9. The van der Waals surface area contributed by atoms with Crippen LogP contribution < -0.4 is 5.32 Å². The molecule has 2 aromatic rings. The Labute approximate surface area is 157 Å². The summed E-state index contributed by atoms with van der Waals surface area (Å²) in [5.74, 6) is -1.93. The van der Waals surface area contributed by atoms with Crippen LogP contribution in [-0.4, -0.2) is 18.0 Å². The smallest absolute Gasteiger partial charge is 0.341 e. The van der Waals surface area contributed by atoms with E-state index in [1.54, 1.807) is 6.07 Å². The van der Waals surface area contributed by atoms with E-state index in [-0.39, 0.29) is 16.5 Å². The molecule has 0 bridgehead atoms. The number of hydrogen-bond acceptors (Lipinski definition) is 3. The van der Waals surface area contributed by atoms with Crippen LogP contribution in [0.2, 0.25) is 5.02 Å². The highest BCUT2D eigenvalue weighted by Gasteiger charge is 2.22. The number of hydrogen-bond donors (Lipinski definition) is 1. The van der Waals surface area contributed by atoms with Gasteiger partial charge in [-0.2, -0.15) is 0 Å². The fourth-order valence-corrected chi connectivity index (χ4v) is 2.59. The van der Waals surface area contributed by atoms with Crippen molar-refractivity contribution in [3.05, 3.63) is 64.4 Å². The topological polar surface area (TPSA) is 55.4 Å². The van der Waals surface area contributed by atoms with Gasteiger partial charge in [-0.1, -0.05) is 43.6 Å². The lowest BCUT2D eigenvalue weighted by molar-refractivity contribution is -0.123. The first-order chi connectivity index (χ1) is 12.3. The number of halogens is 2. The van der Waals surface area contributed by atoms with Crippen molar-refractivity contribution in [2.24, 2.45) is 0 Å². The minimum atomic E-state index is -1.08. The summed E-state index contributed by atoms with van der Waals surface area (Å²) in [6.45, 7) is 5.57. The summed E-state index contributed by atoms with van der Waals surface area (Å²) in [5.41, 5.74) is 1.41. The maximum absolute atomic E-state index is 13.8. The van der Waals surface area contributed by atoms with Crippen molar-refractivity contribution in [2.45, 2.75) is 39.2 Å². The van der Waals surface area contributed by atoms with Crippen molar-refractivity contribution in [1.82, 2.24) is 0 Å². The molecule has 0 saturated heterocycles. The Morgan fingerprint density at radius 3 is 2.54 bits per heavy atom. The highest BCUT2D eigenvalue weighted by molar-refractivity contribution is 6.30. The zero-order chi connectivity index (χ0) is 19.3. The highest BCUT2D eigenvalue weighted by atomic mass is 35.5. The van der Waals surface area contributed by atoms with Crippen molar-refractivity contribution >= 4 is 29.2 Å². The molecule has 4 nitrogen and oxygen atoms in total. The van der Waals surface area contributed by atoms with Crippen LogP contribution in [0.1, 0.15) is 49.0 Å². The van der Waals surface area contributed by atoms with E-state index in [1.807, 2.05) is 18.2 Å². The molecule has 0 heterocycles. The van der Waals surface area contributed by atoms with Gasteiger partial charge < -0.3 is 10.1 Å². The molecule has 0 fully saturated rings. The number of esters is 1. The van der Waals surface area contributed by atoms with Crippen LogP contribution in [0.5, 0.6) is 0 Å². The molecule has 0 unspecified atom stereocenters. The predicted octanol–water partition coefficient (Wildman–Crippen LogP) is 5.18. The molecule has 2 rings (SSSR count). The van der Waals surface area contributed by atoms with Crippen LogP contribution in [0.3, 0.4) is 0 Å². The Morgan fingerprint density at radius 1 is 1.19 bits per heavy atom. The van der Waals surface area contributed by atoms with Crippen molar-refractivity contribution in [3.8, 4) is 0 Å². The van der Waals surface area contributed by atoms with Crippen LogP contribution in [0.4, 0.5) is 10.1 Å². The van der Waals surface area contributed by atoms with E-state index in [0.29, 0.717) is 5.69 Å². The lowest BCUT2D eigenvalue weighted by Gasteiger charge is -2.18. The largest absolute Gasteiger partial charge is 0.449 e. The fraction of sp³-hybridized carbons (Fsp3) is 0.300. The molecular formula is C20H21ClFNO3. The molecule has 0 spiro atoms. The van der Waals surface area contributed by atoms with E-state index in [0.717, 1.165) is 18.1 Å². The molecule has 0 radical (unpaired) electrons. The molecule has 2 atom stereocenters. The molecule has 0 aromatic heterocycles. The second-order valence-electron chi connectivity index (χ2n) is 6.06. The Morgan fingerprint density at radius 2 is 1.88 bits per heavy atom. The fourth-order valence-electron chi connectivity index (χ4n) is 2.43. The summed E-state index contributed by atoms with van der Waals surface area (Å²) in [5, 5.41) is 2.95. The summed E-state index contributed by atoms with van der Waals surface area (Å²) >= 11 is 5.66. The molecule has 0 aliphatic carbocycles. The van der Waals surface area contributed by atoms with Crippen LogP contribution in [0.25, 0.3) is 0 Å². The number of ether oxygens (including phenoxy) is 1. The average molecular weight is 378 g/mol. The van der Waals surface area contributed by atoms with Gasteiger partial charge in [0.05, 0.1) is 5.56 Å². The lowest BCUT2D eigenvalue weighted by Crippen LogP contribution is -2.30. The second-order valence-corrected chi connectivity index (χ2v) is 6.49. The number of anilines is 1. The third-order valence-corrected chi connectivity index (χ3v) is 4.40. The quantitative estimate of drug-likeness (QED) is 0.706. The SMILES string of the molecule is CC[C@H](C)c1ccccc1NC(=O)[C@@H](C)OC(=O)c1ccc(Cl)cc1F.